The second-order valence-corrected chi connectivity index (χ2v) is 8.06. The van der Waals surface area contributed by atoms with E-state index in [1.165, 1.54) is 7.05 Å². The molecule has 0 aliphatic carbocycles. The fourth-order valence-corrected chi connectivity index (χ4v) is 5.74. The first-order valence-corrected chi connectivity index (χ1v) is 8.68. The van der Waals surface area contributed by atoms with E-state index in [1.807, 2.05) is 13.0 Å². The van der Waals surface area contributed by atoms with Gasteiger partial charge in [0.15, 0.2) is 6.04 Å². The van der Waals surface area contributed by atoms with Crippen LogP contribution in [-0.2, 0) is 19.6 Å². The molecule has 0 N–H and O–H groups in total. The molecule has 1 aliphatic heterocycles. The Morgan fingerprint density at radius 1 is 1.36 bits per heavy atom. The van der Waals surface area contributed by atoms with E-state index in [-0.39, 0.29) is 9.77 Å². The number of ketones is 1. The van der Waals surface area contributed by atoms with Crippen LogP contribution in [-0.4, -0.2) is 44.7 Å². The van der Waals surface area contributed by atoms with Crippen LogP contribution in [0.1, 0.15) is 15.2 Å². The maximum absolute atomic E-state index is 12.7. The third-order valence-electron chi connectivity index (χ3n) is 3.70. The molecule has 6 nitrogen and oxygen atoms in total. The number of rotatable bonds is 1. The summed E-state index contributed by atoms with van der Waals surface area (Å²) in [5, 5.41) is 0.508. The minimum absolute atomic E-state index is 0.0137. The highest BCUT2D eigenvalue weighted by Gasteiger charge is 2.48. The summed E-state index contributed by atoms with van der Waals surface area (Å²) in [6, 6.07) is 3.85. The van der Waals surface area contributed by atoms with Crippen LogP contribution in [0.15, 0.2) is 23.1 Å². The lowest BCUT2D eigenvalue weighted by Crippen LogP contribution is -2.51. The summed E-state index contributed by atoms with van der Waals surface area (Å²) >= 11 is 1.09. The summed E-state index contributed by atoms with van der Waals surface area (Å²) in [5.74, 6) is -1.42. The Kier molecular flexibility index (Phi) is 3.35. The molecule has 2 heterocycles. The van der Waals surface area contributed by atoms with Crippen LogP contribution in [0.5, 0.6) is 0 Å². The second-order valence-electron chi connectivity index (χ2n) is 5.07. The summed E-state index contributed by atoms with van der Waals surface area (Å²) in [7, 11) is -1.59. The summed E-state index contributed by atoms with van der Waals surface area (Å²) in [6.07, 6.45) is 0. The number of aryl methyl sites for hydroxylation is 1. The maximum atomic E-state index is 12.7. The smallest absolute Gasteiger partial charge is 0.332 e. The molecule has 1 atom stereocenters. The van der Waals surface area contributed by atoms with E-state index in [9.17, 15) is 18.0 Å². The lowest BCUT2D eigenvalue weighted by Gasteiger charge is -2.28. The van der Waals surface area contributed by atoms with Gasteiger partial charge in [-0.15, -0.1) is 11.3 Å². The molecule has 0 fully saturated rings. The number of likely N-dealkylation sites (N-methyl/N-ethyl adjacent to an activating group) is 1. The van der Waals surface area contributed by atoms with Crippen molar-refractivity contribution in [2.45, 2.75) is 17.9 Å². The number of hydrogen-bond donors (Lipinski definition) is 0. The average Bonchev–Trinajstić information content (AvgIpc) is 2.85. The summed E-state index contributed by atoms with van der Waals surface area (Å²) < 4.78 is 31.5. The van der Waals surface area contributed by atoms with Crippen molar-refractivity contribution in [2.24, 2.45) is 0 Å². The average molecular weight is 339 g/mol. The first-order chi connectivity index (χ1) is 10.3. The SMILES string of the molecule is COC(=O)C1C(=O)c2sc3cc(C)ccc3c2S(=O)(=O)N1C. The minimum Gasteiger partial charge on any atom is -0.467 e. The number of methoxy groups -OCH3 is 1. The molecule has 0 amide bonds. The number of fused-ring (bicyclic) bond motifs is 3. The van der Waals surface area contributed by atoms with E-state index < -0.39 is 27.8 Å². The molecule has 116 valence electrons. The molecule has 22 heavy (non-hydrogen) atoms. The quantitative estimate of drug-likeness (QED) is 0.582. The Labute approximate surface area is 131 Å². The predicted molar refractivity (Wildman–Crippen MR) is 81.6 cm³/mol. The number of Topliss-reactive ketones (excluding diaryl/α,β-unsaturated/α-hetero) is 1. The first kappa shape index (κ1) is 15.1. The number of sulfonamides is 1. The van der Waals surface area contributed by atoms with Gasteiger partial charge in [-0.3, -0.25) is 4.79 Å². The molecule has 3 rings (SSSR count). The van der Waals surface area contributed by atoms with E-state index in [2.05, 4.69) is 4.74 Å². The molecule has 2 aromatic rings. The van der Waals surface area contributed by atoms with Gasteiger partial charge in [0.1, 0.15) is 4.90 Å². The van der Waals surface area contributed by atoms with E-state index in [4.69, 9.17) is 0 Å². The van der Waals surface area contributed by atoms with Gasteiger partial charge in [-0.2, -0.15) is 4.31 Å². The van der Waals surface area contributed by atoms with E-state index >= 15 is 0 Å². The maximum Gasteiger partial charge on any atom is 0.332 e. The topological polar surface area (TPSA) is 80.8 Å². The largest absolute Gasteiger partial charge is 0.467 e. The lowest BCUT2D eigenvalue weighted by atomic mass is 10.1. The van der Waals surface area contributed by atoms with Crippen LogP contribution < -0.4 is 0 Å². The van der Waals surface area contributed by atoms with Crippen molar-refractivity contribution in [3.05, 3.63) is 28.6 Å². The molecular weight excluding hydrogens is 326 g/mol. The van der Waals surface area contributed by atoms with Crippen LogP contribution in [0.3, 0.4) is 0 Å². The number of thiophene rings is 1. The van der Waals surface area contributed by atoms with Gasteiger partial charge in [-0.05, 0) is 18.6 Å². The zero-order valence-corrected chi connectivity index (χ0v) is 13.7. The second kappa shape index (κ2) is 4.87. The summed E-state index contributed by atoms with van der Waals surface area (Å²) in [6.45, 7) is 1.89. The fraction of sp³-hybridized carbons (Fsp3) is 0.286. The standard InChI is InChI=1S/C14H13NO5S2/c1-7-4-5-8-9(6-7)21-12-11(16)10(14(17)20-3)15(2)22(18,19)13(8)12/h4-6,10H,1-3H3. The third kappa shape index (κ3) is 1.91. The lowest BCUT2D eigenvalue weighted by molar-refractivity contribution is -0.143. The molecule has 1 aromatic carbocycles. The summed E-state index contributed by atoms with van der Waals surface area (Å²) in [4.78, 5) is 24.5. The third-order valence-corrected chi connectivity index (χ3v) is 6.90. The van der Waals surface area contributed by atoms with Gasteiger partial charge < -0.3 is 4.74 Å². The Balaban J connectivity index is 2.36. The summed E-state index contributed by atoms with van der Waals surface area (Å²) in [5.41, 5.74) is 0.966. The molecule has 1 unspecified atom stereocenters. The van der Waals surface area contributed by atoms with Gasteiger partial charge in [-0.25, -0.2) is 13.2 Å². The number of carbonyl (C=O) groups excluding carboxylic acids is 2. The van der Waals surface area contributed by atoms with Crippen LogP contribution >= 0.6 is 11.3 Å². The van der Waals surface area contributed by atoms with Crippen molar-refractivity contribution < 1.29 is 22.7 Å². The number of carbonyl (C=O) groups is 2. The van der Waals surface area contributed by atoms with Gasteiger partial charge in [0.05, 0.1) is 12.0 Å². The molecule has 1 aromatic heterocycles. The highest BCUT2D eigenvalue weighted by molar-refractivity contribution is 7.89. The highest BCUT2D eigenvalue weighted by atomic mass is 32.2. The first-order valence-electron chi connectivity index (χ1n) is 6.42. The molecule has 1 aliphatic rings. The number of benzene rings is 1. The monoisotopic (exact) mass is 339 g/mol. The molecule has 0 spiro atoms. The zero-order chi connectivity index (χ0) is 16.2. The highest BCUT2D eigenvalue weighted by Crippen LogP contribution is 2.41. The van der Waals surface area contributed by atoms with Crippen molar-refractivity contribution in [3.63, 3.8) is 0 Å². The predicted octanol–water partition coefficient (Wildman–Crippen LogP) is 1.57. The van der Waals surface area contributed by atoms with E-state index in [0.29, 0.717) is 10.1 Å². The Bertz CT molecular complexity index is 913. The number of hydrogen-bond acceptors (Lipinski definition) is 6. The Hall–Kier alpha value is -1.77. The molecule has 0 saturated carbocycles. The van der Waals surface area contributed by atoms with Crippen molar-refractivity contribution >= 4 is 43.2 Å². The zero-order valence-electron chi connectivity index (χ0n) is 12.1. The fourth-order valence-electron chi connectivity index (χ4n) is 2.54. The minimum atomic E-state index is -3.93. The van der Waals surface area contributed by atoms with Gasteiger partial charge in [-0.1, -0.05) is 12.1 Å². The van der Waals surface area contributed by atoms with Crippen molar-refractivity contribution in [1.29, 1.82) is 0 Å². The van der Waals surface area contributed by atoms with Gasteiger partial charge in [0.25, 0.3) is 0 Å². The Morgan fingerprint density at radius 2 is 2.05 bits per heavy atom. The van der Waals surface area contributed by atoms with Crippen molar-refractivity contribution in [2.75, 3.05) is 14.2 Å². The van der Waals surface area contributed by atoms with E-state index in [0.717, 1.165) is 28.3 Å². The van der Waals surface area contributed by atoms with Crippen LogP contribution in [0.4, 0.5) is 0 Å². The van der Waals surface area contributed by atoms with Crippen LogP contribution in [0.2, 0.25) is 0 Å². The number of esters is 1. The van der Waals surface area contributed by atoms with Gasteiger partial charge in [0.2, 0.25) is 15.8 Å². The van der Waals surface area contributed by atoms with Crippen LogP contribution in [0.25, 0.3) is 10.1 Å². The van der Waals surface area contributed by atoms with Crippen molar-refractivity contribution in [1.82, 2.24) is 4.31 Å². The molecule has 8 heteroatoms. The molecule has 0 radical (unpaired) electrons. The molecule has 0 saturated heterocycles. The number of ether oxygens (including phenoxy) is 1. The normalized spacial score (nSPS) is 20.9. The van der Waals surface area contributed by atoms with Gasteiger partial charge >= 0.3 is 5.97 Å². The molecule has 0 bridgehead atoms. The van der Waals surface area contributed by atoms with E-state index in [1.54, 1.807) is 12.1 Å². The Morgan fingerprint density at radius 3 is 2.68 bits per heavy atom. The van der Waals surface area contributed by atoms with Crippen LogP contribution in [0, 0.1) is 6.92 Å². The number of nitrogens with zero attached hydrogens (tertiary/aromatic N) is 1. The van der Waals surface area contributed by atoms with Crippen molar-refractivity contribution in [3.8, 4) is 0 Å². The molecular formula is C14H13NO5S2. The van der Waals surface area contributed by atoms with Gasteiger partial charge in [0, 0.05) is 17.1 Å².